The van der Waals surface area contributed by atoms with Crippen molar-refractivity contribution in [2.24, 2.45) is 0 Å². The van der Waals surface area contributed by atoms with Crippen LogP contribution in [0.5, 0.6) is 0 Å². The van der Waals surface area contributed by atoms with Gasteiger partial charge in [-0.2, -0.15) is 0 Å². The molecule has 1 heterocycles. The van der Waals surface area contributed by atoms with Crippen LogP contribution >= 0.6 is 12.4 Å². The monoisotopic (exact) mass is 401 g/mol. The van der Waals surface area contributed by atoms with Crippen LogP contribution in [-0.4, -0.2) is 35.8 Å². The molecule has 0 unspecified atom stereocenters. The molecule has 0 bridgehead atoms. The van der Waals surface area contributed by atoms with Crippen LogP contribution in [0.4, 0.5) is 5.69 Å². The molecule has 150 valence electrons. The van der Waals surface area contributed by atoms with Crippen molar-refractivity contribution in [3.05, 3.63) is 65.7 Å². The molecule has 6 heteroatoms. The molecule has 1 fully saturated rings. The van der Waals surface area contributed by atoms with Crippen molar-refractivity contribution >= 4 is 29.9 Å². The smallest absolute Gasteiger partial charge is 0.224 e. The summed E-state index contributed by atoms with van der Waals surface area (Å²) in [7, 11) is 0. The SMILES string of the molecule is Cl.Nc1ccc(CC(=O)NC2CCN(C(=O)CCc3ccccc3)CC2)cc1. The number of hydrogen-bond donors (Lipinski definition) is 2. The maximum Gasteiger partial charge on any atom is 0.224 e. The van der Waals surface area contributed by atoms with Crippen molar-refractivity contribution in [2.75, 3.05) is 18.8 Å². The third-order valence-corrected chi connectivity index (χ3v) is 5.03. The lowest BCUT2D eigenvalue weighted by molar-refractivity contribution is -0.132. The highest BCUT2D eigenvalue weighted by molar-refractivity contribution is 5.85. The topological polar surface area (TPSA) is 75.4 Å². The van der Waals surface area contributed by atoms with E-state index < -0.39 is 0 Å². The van der Waals surface area contributed by atoms with Crippen molar-refractivity contribution in [2.45, 2.75) is 38.1 Å². The Hall–Kier alpha value is -2.53. The summed E-state index contributed by atoms with van der Waals surface area (Å²) >= 11 is 0. The summed E-state index contributed by atoms with van der Waals surface area (Å²) in [6.45, 7) is 1.42. The zero-order chi connectivity index (χ0) is 19.1. The van der Waals surface area contributed by atoms with Gasteiger partial charge in [-0.05, 0) is 42.5 Å². The van der Waals surface area contributed by atoms with Gasteiger partial charge in [0, 0.05) is 31.2 Å². The van der Waals surface area contributed by atoms with Crippen LogP contribution < -0.4 is 11.1 Å². The number of carbonyl (C=O) groups excluding carboxylic acids is 2. The average molecular weight is 402 g/mol. The number of hydrogen-bond acceptors (Lipinski definition) is 3. The summed E-state index contributed by atoms with van der Waals surface area (Å²) < 4.78 is 0. The lowest BCUT2D eigenvalue weighted by Gasteiger charge is -2.32. The van der Waals surface area contributed by atoms with E-state index in [2.05, 4.69) is 17.4 Å². The number of anilines is 1. The normalized spacial score (nSPS) is 14.2. The third-order valence-electron chi connectivity index (χ3n) is 5.03. The van der Waals surface area contributed by atoms with Crippen molar-refractivity contribution in [3.8, 4) is 0 Å². The number of rotatable bonds is 6. The number of nitrogens with one attached hydrogen (secondary N) is 1. The minimum absolute atomic E-state index is 0. The second-order valence-corrected chi connectivity index (χ2v) is 7.13. The first kappa shape index (κ1) is 21.8. The summed E-state index contributed by atoms with van der Waals surface area (Å²) in [6.07, 6.45) is 3.29. The molecule has 2 aromatic rings. The van der Waals surface area contributed by atoms with E-state index in [0.29, 0.717) is 31.6 Å². The lowest BCUT2D eigenvalue weighted by atomic mass is 10.0. The van der Waals surface area contributed by atoms with E-state index in [-0.39, 0.29) is 30.3 Å². The van der Waals surface area contributed by atoms with Crippen molar-refractivity contribution in [1.82, 2.24) is 10.2 Å². The highest BCUT2D eigenvalue weighted by Crippen LogP contribution is 2.14. The minimum Gasteiger partial charge on any atom is -0.399 e. The van der Waals surface area contributed by atoms with E-state index in [9.17, 15) is 9.59 Å². The number of aryl methyl sites for hydroxylation is 1. The standard InChI is InChI=1S/C22H27N3O2.ClH/c23-19-9-6-18(7-10-19)16-21(26)24-20-12-14-25(15-13-20)22(27)11-8-17-4-2-1-3-5-17;/h1-7,9-10,20H,8,11-16,23H2,(H,24,26);1H. The highest BCUT2D eigenvalue weighted by Gasteiger charge is 2.23. The second kappa shape index (κ2) is 10.7. The Kier molecular flexibility index (Phi) is 8.33. The minimum atomic E-state index is 0. The van der Waals surface area contributed by atoms with E-state index >= 15 is 0 Å². The molecule has 3 rings (SSSR count). The molecule has 3 N–H and O–H groups in total. The number of nitrogen functional groups attached to an aromatic ring is 1. The Morgan fingerprint density at radius 3 is 2.25 bits per heavy atom. The number of likely N-dealkylation sites (tertiary alicyclic amines) is 1. The molecule has 0 atom stereocenters. The van der Waals surface area contributed by atoms with Crippen LogP contribution in [0.25, 0.3) is 0 Å². The Morgan fingerprint density at radius 2 is 1.61 bits per heavy atom. The third kappa shape index (κ3) is 6.57. The van der Waals surface area contributed by atoms with Crippen LogP contribution in [0.15, 0.2) is 54.6 Å². The second-order valence-electron chi connectivity index (χ2n) is 7.13. The number of piperidine rings is 1. The van der Waals surface area contributed by atoms with Crippen molar-refractivity contribution in [3.63, 3.8) is 0 Å². The van der Waals surface area contributed by atoms with E-state index in [1.807, 2.05) is 47.4 Å². The van der Waals surface area contributed by atoms with Crippen LogP contribution in [0.3, 0.4) is 0 Å². The molecule has 28 heavy (non-hydrogen) atoms. The summed E-state index contributed by atoms with van der Waals surface area (Å²) in [5.74, 6) is 0.221. The number of amides is 2. The Labute approximate surface area is 172 Å². The van der Waals surface area contributed by atoms with E-state index in [0.717, 1.165) is 24.8 Å². The predicted octanol–water partition coefficient (Wildman–Crippen LogP) is 2.97. The number of halogens is 1. The van der Waals surface area contributed by atoms with Crippen LogP contribution in [0.2, 0.25) is 0 Å². The van der Waals surface area contributed by atoms with Gasteiger partial charge in [0.05, 0.1) is 6.42 Å². The molecule has 5 nitrogen and oxygen atoms in total. The first-order valence-electron chi connectivity index (χ1n) is 9.55. The fourth-order valence-electron chi connectivity index (χ4n) is 3.43. The number of benzene rings is 2. The van der Waals surface area contributed by atoms with Gasteiger partial charge in [-0.1, -0.05) is 42.5 Å². The van der Waals surface area contributed by atoms with Gasteiger partial charge >= 0.3 is 0 Å². The molecule has 2 amide bonds. The number of nitrogens with two attached hydrogens (primary N) is 1. The summed E-state index contributed by atoms with van der Waals surface area (Å²) in [6, 6.07) is 17.6. The summed E-state index contributed by atoms with van der Waals surface area (Å²) in [5, 5.41) is 3.09. The zero-order valence-corrected chi connectivity index (χ0v) is 16.8. The van der Waals surface area contributed by atoms with E-state index in [1.165, 1.54) is 5.56 Å². The van der Waals surface area contributed by atoms with E-state index in [1.54, 1.807) is 0 Å². The summed E-state index contributed by atoms with van der Waals surface area (Å²) in [4.78, 5) is 26.5. The first-order chi connectivity index (χ1) is 13.1. The van der Waals surface area contributed by atoms with Gasteiger partial charge in [-0.15, -0.1) is 12.4 Å². The summed E-state index contributed by atoms with van der Waals surface area (Å²) in [5.41, 5.74) is 8.51. The maximum atomic E-state index is 12.4. The largest absolute Gasteiger partial charge is 0.399 e. The van der Waals surface area contributed by atoms with Crippen LogP contribution in [0.1, 0.15) is 30.4 Å². The van der Waals surface area contributed by atoms with Gasteiger partial charge in [0.1, 0.15) is 0 Å². The Morgan fingerprint density at radius 1 is 0.964 bits per heavy atom. The first-order valence-corrected chi connectivity index (χ1v) is 9.55. The van der Waals surface area contributed by atoms with Gasteiger partial charge in [-0.3, -0.25) is 9.59 Å². The van der Waals surface area contributed by atoms with Crippen molar-refractivity contribution < 1.29 is 9.59 Å². The Balaban J connectivity index is 0.00000280. The van der Waals surface area contributed by atoms with Gasteiger partial charge in [-0.25, -0.2) is 0 Å². The van der Waals surface area contributed by atoms with Crippen molar-refractivity contribution in [1.29, 1.82) is 0 Å². The van der Waals surface area contributed by atoms with Gasteiger partial charge in [0.2, 0.25) is 11.8 Å². The fourth-order valence-corrected chi connectivity index (χ4v) is 3.43. The molecular weight excluding hydrogens is 374 g/mol. The molecule has 1 aliphatic heterocycles. The van der Waals surface area contributed by atoms with E-state index in [4.69, 9.17) is 5.73 Å². The molecule has 0 aromatic heterocycles. The fraction of sp³-hybridized carbons (Fsp3) is 0.364. The molecule has 1 aliphatic rings. The quantitative estimate of drug-likeness (QED) is 0.730. The van der Waals surface area contributed by atoms with Gasteiger partial charge in [0.15, 0.2) is 0 Å². The number of nitrogens with zero attached hydrogens (tertiary/aromatic N) is 1. The molecular formula is C22H28ClN3O2. The molecule has 1 saturated heterocycles. The molecule has 0 saturated carbocycles. The number of carbonyl (C=O) groups is 2. The average Bonchev–Trinajstić information content (AvgIpc) is 2.69. The van der Waals surface area contributed by atoms with Crippen LogP contribution in [0, 0.1) is 0 Å². The lowest BCUT2D eigenvalue weighted by Crippen LogP contribution is -2.46. The Bertz CT molecular complexity index is 757. The molecule has 0 radical (unpaired) electrons. The maximum absolute atomic E-state index is 12.4. The highest BCUT2D eigenvalue weighted by atomic mass is 35.5. The molecule has 0 aliphatic carbocycles. The molecule has 0 spiro atoms. The molecule has 2 aromatic carbocycles. The predicted molar refractivity (Wildman–Crippen MR) is 114 cm³/mol. The van der Waals surface area contributed by atoms with Crippen LogP contribution in [-0.2, 0) is 22.4 Å². The zero-order valence-electron chi connectivity index (χ0n) is 16.0. The van der Waals surface area contributed by atoms with Gasteiger partial charge in [0.25, 0.3) is 0 Å². The van der Waals surface area contributed by atoms with Gasteiger partial charge < -0.3 is 16.0 Å².